The summed E-state index contributed by atoms with van der Waals surface area (Å²) in [6.07, 6.45) is 2.14. The molecule has 0 radical (unpaired) electrons. The van der Waals surface area contributed by atoms with Gasteiger partial charge in [-0.15, -0.1) is 11.8 Å². The van der Waals surface area contributed by atoms with Crippen LogP contribution in [0, 0.1) is 0 Å². The number of fused-ring (bicyclic) bond motifs is 6. The highest BCUT2D eigenvalue weighted by molar-refractivity contribution is 7.98. The van der Waals surface area contributed by atoms with Gasteiger partial charge in [0.05, 0.1) is 0 Å². The summed E-state index contributed by atoms with van der Waals surface area (Å²) in [5.74, 6) is 0. The van der Waals surface area contributed by atoms with Crippen molar-refractivity contribution in [3.8, 4) is 22.3 Å². The van der Waals surface area contributed by atoms with Crippen LogP contribution in [0.3, 0.4) is 0 Å². The van der Waals surface area contributed by atoms with Crippen molar-refractivity contribution in [3.63, 3.8) is 0 Å². The van der Waals surface area contributed by atoms with E-state index in [1.54, 1.807) is 11.8 Å². The van der Waals surface area contributed by atoms with E-state index in [2.05, 4.69) is 272 Å². The Hall–Kier alpha value is -8.05. The molecule has 12 rings (SSSR count). The first-order valence-electron chi connectivity index (χ1n) is 23.8. The van der Waals surface area contributed by atoms with Crippen LogP contribution in [0.15, 0.2) is 235 Å². The second-order valence-corrected chi connectivity index (χ2v) is 19.9. The Morgan fingerprint density at radius 1 is 0.348 bits per heavy atom. The summed E-state index contributed by atoms with van der Waals surface area (Å²) in [7, 11) is 0. The number of hydrogen-bond donors (Lipinski definition) is 1. The molecule has 1 aromatic heterocycles. The van der Waals surface area contributed by atoms with E-state index in [1.165, 1.54) is 75.8 Å². The van der Waals surface area contributed by atoms with Gasteiger partial charge >= 0.3 is 0 Å². The molecule has 1 heterocycles. The monoisotopic (exact) mass is 905 g/mol. The fourth-order valence-electron chi connectivity index (χ4n) is 10.3. The van der Waals surface area contributed by atoms with E-state index >= 15 is 0 Å². The first-order valence-corrected chi connectivity index (χ1v) is 25.0. The van der Waals surface area contributed by atoms with Crippen molar-refractivity contribution in [2.45, 2.75) is 31.1 Å². The minimum absolute atomic E-state index is 0.0341. The number of anilines is 6. The predicted molar refractivity (Wildman–Crippen MR) is 299 cm³/mol. The smallest absolute Gasteiger partial charge is 0.0468 e. The van der Waals surface area contributed by atoms with Crippen LogP contribution in [0.2, 0.25) is 0 Å². The van der Waals surface area contributed by atoms with Gasteiger partial charge in [0, 0.05) is 60.8 Å². The molecule has 0 bridgehead atoms. The van der Waals surface area contributed by atoms with Crippen LogP contribution in [-0.2, 0) is 5.41 Å². The molecule has 0 aliphatic heterocycles. The number of nitrogens with zero attached hydrogens (tertiary/aromatic N) is 2. The number of aromatic amines is 1. The number of rotatable bonds is 9. The van der Waals surface area contributed by atoms with Crippen LogP contribution >= 0.6 is 11.8 Å². The van der Waals surface area contributed by atoms with E-state index in [0.29, 0.717) is 0 Å². The molecule has 0 unspecified atom stereocenters. The van der Waals surface area contributed by atoms with Crippen molar-refractivity contribution in [2.75, 3.05) is 16.1 Å². The molecule has 11 aromatic carbocycles. The normalized spacial score (nSPS) is 11.8. The molecule has 3 nitrogen and oxygen atoms in total. The molecular weight excluding hydrogens is 855 g/mol. The lowest BCUT2D eigenvalue weighted by atomic mass is 9.84. The first-order chi connectivity index (χ1) is 33.8. The fraction of sp³-hybridized carbons (Fsp3) is 0.0769. The molecule has 0 aliphatic rings. The van der Waals surface area contributed by atoms with Crippen molar-refractivity contribution in [1.29, 1.82) is 0 Å². The number of H-pyrrole nitrogens is 1. The molecule has 0 atom stereocenters. The molecule has 12 aromatic rings. The third-order valence-corrected chi connectivity index (χ3v) is 14.5. The molecule has 0 fully saturated rings. The van der Waals surface area contributed by atoms with Gasteiger partial charge < -0.3 is 14.8 Å². The van der Waals surface area contributed by atoms with Gasteiger partial charge in [0.15, 0.2) is 0 Å². The zero-order chi connectivity index (χ0) is 46.6. The van der Waals surface area contributed by atoms with E-state index in [0.717, 1.165) is 45.2 Å². The van der Waals surface area contributed by atoms with Crippen molar-refractivity contribution in [3.05, 3.63) is 236 Å². The van der Waals surface area contributed by atoms with Crippen LogP contribution in [0.1, 0.15) is 26.3 Å². The van der Waals surface area contributed by atoms with Gasteiger partial charge in [-0.1, -0.05) is 142 Å². The maximum atomic E-state index is 3.70. The lowest BCUT2D eigenvalue weighted by Gasteiger charge is -2.29. The molecule has 69 heavy (non-hydrogen) atoms. The number of hydrogen-bond acceptors (Lipinski definition) is 3. The minimum atomic E-state index is 0.0341. The molecule has 0 saturated carbocycles. The van der Waals surface area contributed by atoms with E-state index in [9.17, 15) is 0 Å². The zero-order valence-corrected chi connectivity index (χ0v) is 40.1. The quantitative estimate of drug-likeness (QED) is 0.115. The Morgan fingerprint density at radius 2 is 0.826 bits per heavy atom. The number of aromatic nitrogens is 1. The first kappa shape index (κ1) is 42.3. The van der Waals surface area contributed by atoms with Crippen LogP contribution in [0.25, 0.3) is 76.4 Å². The highest BCUT2D eigenvalue weighted by Gasteiger charge is 2.23. The van der Waals surface area contributed by atoms with Crippen LogP contribution in [-0.4, -0.2) is 11.2 Å². The second-order valence-electron chi connectivity index (χ2n) is 19.0. The second kappa shape index (κ2) is 17.2. The number of thioether (sulfide) groups is 1. The zero-order valence-electron chi connectivity index (χ0n) is 39.2. The van der Waals surface area contributed by atoms with Gasteiger partial charge in [-0.05, 0) is 181 Å². The number of para-hydroxylation sites is 3. The number of nitrogens with one attached hydrogen (secondary N) is 1. The van der Waals surface area contributed by atoms with Crippen LogP contribution in [0.4, 0.5) is 34.1 Å². The summed E-state index contributed by atoms with van der Waals surface area (Å²) in [5, 5.41) is 9.64. The summed E-state index contributed by atoms with van der Waals surface area (Å²) >= 11 is 1.77. The van der Waals surface area contributed by atoms with Gasteiger partial charge in [-0.3, -0.25) is 0 Å². The third kappa shape index (κ3) is 7.68. The van der Waals surface area contributed by atoms with Gasteiger partial charge in [0.2, 0.25) is 0 Å². The molecule has 332 valence electrons. The van der Waals surface area contributed by atoms with Crippen LogP contribution in [0.5, 0.6) is 0 Å². The Labute approximate surface area is 408 Å². The molecule has 0 spiro atoms. The van der Waals surface area contributed by atoms with E-state index in [4.69, 9.17) is 0 Å². The highest BCUT2D eigenvalue weighted by Crippen LogP contribution is 2.49. The standard InChI is InChI=1S/C65H51N3S/c1-65(2,3)47-26-28-50(29-27-47)68(51-30-34-54(69-4)35-31-51)53-33-36-56-60(42-53)64(46-25-38-62-58(40-46)55-21-13-14-22-61(55)66-62)57-37-32-52(67(48-17-7-5-8-18-48)49-19-9-6-10-20-49)41-59(57)63(56)45-24-23-43-15-11-12-16-44(43)39-45/h5-42,66H,1-4H3. The third-order valence-electron chi connectivity index (χ3n) is 13.8. The molecular formula is C65H51N3S. The number of benzene rings is 11. The average molecular weight is 906 g/mol. The summed E-state index contributed by atoms with van der Waals surface area (Å²) in [6.45, 7) is 6.84. The lowest BCUT2D eigenvalue weighted by Crippen LogP contribution is -2.13. The van der Waals surface area contributed by atoms with Gasteiger partial charge in [-0.25, -0.2) is 0 Å². The van der Waals surface area contributed by atoms with Crippen molar-refractivity contribution >= 4 is 100 Å². The Balaban J connectivity index is 1.19. The summed E-state index contributed by atoms with van der Waals surface area (Å²) in [6, 6.07) is 85.2. The van der Waals surface area contributed by atoms with E-state index in [1.807, 2.05) is 0 Å². The maximum Gasteiger partial charge on any atom is 0.0468 e. The Kier molecular flexibility index (Phi) is 10.6. The maximum absolute atomic E-state index is 3.70. The summed E-state index contributed by atoms with van der Waals surface area (Å²) in [4.78, 5) is 9.73. The minimum Gasteiger partial charge on any atom is -0.355 e. The Morgan fingerprint density at radius 3 is 1.42 bits per heavy atom. The highest BCUT2D eigenvalue weighted by atomic mass is 32.2. The average Bonchev–Trinajstić information content (AvgIpc) is 3.77. The van der Waals surface area contributed by atoms with Crippen LogP contribution < -0.4 is 9.80 Å². The summed E-state index contributed by atoms with van der Waals surface area (Å²) < 4.78 is 0. The van der Waals surface area contributed by atoms with Crippen molar-refractivity contribution in [1.82, 2.24) is 4.98 Å². The molecule has 1 N–H and O–H groups in total. The largest absolute Gasteiger partial charge is 0.355 e. The lowest BCUT2D eigenvalue weighted by molar-refractivity contribution is 0.590. The topological polar surface area (TPSA) is 22.3 Å². The van der Waals surface area contributed by atoms with Crippen molar-refractivity contribution < 1.29 is 0 Å². The van der Waals surface area contributed by atoms with Crippen molar-refractivity contribution in [2.24, 2.45) is 0 Å². The SMILES string of the molecule is CSc1ccc(N(c2ccc(C(C)(C)C)cc2)c2ccc3c(-c4ccc5ccccc5c4)c4cc(N(c5ccccc5)c5ccccc5)ccc4c(-c4ccc5[nH]c6ccccc6c5c4)c3c2)cc1. The van der Waals surface area contributed by atoms with Gasteiger partial charge in [-0.2, -0.15) is 0 Å². The van der Waals surface area contributed by atoms with Gasteiger partial charge in [0.1, 0.15) is 0 Å². The molecule has 0 aliphatic carbocycles. The van der Waals surface area contributed by atoms with E-state index in [-0.39, 0.29) is 5.41 Å². The fourth-order valence-corrected chi connectivity index (χ4v) is 10.8. The molecule has 0 amide bonds. The molecule has 0 saturated heterocycles. The predicted octanol–water partition coefficient (Wildman–Crippen LogP) is 19.1. The van der Waals surface area contributed by atoms with E-state index < -0.39 is 0 Å². The Bertz CT molecular complexity index is 3810. The summed E-state index contributed by atoms with van der Waals surface area (Å²) in [5.41, 5.74) is 15.0. The molecule has 4 heteroatoms. The van der Waals surface area contributed by atoms with Gasteiger partial charge in [0.25, 0.3) is 0 Å².